The number of ether oxygens (including phenoxy) is 1. The van der Waals surface area contributed by atoms with Crippen LogP contribution in [0.1, 0.15) is 12.8 Å². The summed E-state index contributed by atoms with van der Waals surface area (Å²) in [5.41, 5.74) is 0. The third kappa shape index (κ3) is 3.57. The normalized spacial score (nSPS) is 29.3. The maximum atomic E-state index is 11.8. The predicted octanol–water partition coefficient (Wildman–Crippen LogP) is -0.500. The number of aliphatic hydroxyl groups excluding tert-OH is 1. The second kappa shape index (κ2) is 6.21. The monoisotopic (exact) mass is 272 g/mol. The Balaban J connectivity index is 1.63. The lowest BCUT2D eigenvalue weighted by Crippen LogP contribution is -2.41. The average molecular weight is 272 g/mol. The number of likely N-dealkylation sites (tertiary alicyclic amines) is 1. The van der Waals surface area contributed by atoms with Crippen LogP contribution < -0.4 is 5.32 Å². The van der Waals surface area contributed by atoms with E-state index in [9.17, 15) is 14.7 Å². The first-order chi connectivity index (χ1) is 9.08. The van der Waals surface area contributed by atoms with E-state index in [0.717, 1.165) is 12.8 Å². The summed E-state index contributed by atoms with van der Waals surface area (Å²) in [7, 11) is 0. The predicted molar refractivity (Wildman–Crippen MR) is 65.6 cm³/mol. The van der Waals surface area contributed by atoms with Gasteiger partial charge in [0.15, 0.2) is 0 Å². The minimum atomic E-state index is -1.02. The molecule has 3 unspecified atom stereocenters. The van der Waals surface area contributed by atoms with Crippen LogP contribution in [-0.4, -0.2) is 66.1 Å². The number of urea groups is 1. The molecule has 0 aromatic carbocycles. The number of carbonyl (C=O) groups is 2. The average Bonchev–Trinajstić information content (AvgIpc) is 2.91. The zero-order chi connectivity index (χ0) is 13.8. The molecule has 3 N–H and O–H groups in total. The Kier molecular flexibility index (Phi) is 4.60. The van der Waals surface area contributed by atoms with E-state index in [1.54, 1.807) is 4.90 Å². The van der Waals surface area contributed by atoms with Crippen LogP contribution in [0.15, 0.2) is 0 Å². The molecular formula is C12H20N2O5. The highest BCUT2D eigenvalue weighted by Crippen LogP contribution is 2.37. The lowest BCUT2D eigenvalue weighted by molar-refractivity contribution is -0.142. The second-order valence-electron chi connectivity index (χ2n) is 5.15. The Labute approximate surface area is 111 Å². The van der Waals surface area contributed by atoms with Crippen molar-refractivity contribution in [3.05, 3.63) is 0 Å². The number of hydrogen-bond donors (Lipinski definition) is 3. The summed E-state index contributed by atoms with van der Waals surface area (Å²) in [4.78, 5) is 23.8. The Morgan fingerprint density at radius 2 is 2.11 bits per heavy atom. The minimum absolute atomic E-state index is 0.166. The molecule has 1 saturated heterocycles. The molecular weight excluding hydrogens is 252 g/mol. The first-order valence-electron chi connectivity index (χ1n) is 6.58. The maximum absolute atomic E-state index is 11.8. The molecule has 0 spiro atoms. The fraction of sp³-hybridized carbons (Fsp3) is 0.833. The molecule has 0 bridgehead atoms. The van der Waals surface area contributed by atoms with E-state index in [1.807, 2.05) is 0 Å². The first-order valence-corrected chi connectivity index (χ1v) is 6.58. The largest absolute Gasteiger partial charge is 0.480 e. The standard InChI is InChI=1S/C12H20N2O5/c15-10-2-1-8-5-14(6-9(8)10)12(18)13-3-4-19-7-11(16)17/h8-10,15H,1-7H2,(H,13,18)(H,16,17). The van der Waals surface area contributed by atoms with Gasteiger partial charge in [-0.3, -0.25) is 0 Å². The van der Waals surface area contributed by atoms with E-state index in [1.165, 1.54) is 0 Å². The van der Waals surface area contributed by atoms with Crippen LogP contribution in [0, 0.1) is 11.8 Å². The number of nitrogens with one attached hydrogen (secondary N) is 1. The molecule has 0 aromatic rings. The van der Waals surface area contributed by atoms with Gasteiger partial charge in [0, 0.05) is 25.6 Å². The summed E-state index contributed by atoms with van der Waals surface area (Å²) < 4.78 is 4.83. The van der Waals surface area contributed by atoms with Crippen molar-refractivity contribution in [2.24, 2.45) is 11.8 Å². The van der Waals surface area contributed by atoms with Gasteiger partial charge in [-0.2, -0.15) is 0 Å². The molecule has 108 valence electrons. The smallest absolute Gasteiger partial charge is 0.329 e. The van der Waals surface area contributed by atoms with Crippen LogP contribution in [0.3, 0.4) is 0 Å². The number of fused-ring (bicyclic) bond motifs is 1. The van der Waals surface area contributed by atoms with Crippen molar-refractivity contribution in [2.45, 2.75) is 18.9 Å². The lowest BCUT2D eigenvalue weighted by atomic mass is 10.00. The quantitative estimate of drug-likeness (QED) is 0.586. The molecule has 2 rings (SSSR count). The van der Waals surface area contributed by atoms with Crippen molar-refractivity contribution >= 4 is 12.0 Å². The van der Waals surface area contributed by atoms with Crippen LogP contribution in [0.25, 0.3) is 0 Å². The van der Waals surface area contributed by atoms with E-state index in [0.29, 0.717) is 25.6 Å². The number of carbonyl (C=O) groups excluding carboxylic acids is 1. The van der Waals surface area contributed by atoms with Gasteiger partial charge < -0.3 is 25.2 Å². The number of aliphatic hydroxyl groups is 1. The van der Waals surface area contributed by atoms with Gasteiger partial charge in [0.1, 0.15) is 6.61 Å². The van der Waals surface area contributed by atoms with Gasteiger partial charge in [-0.25, -0.2) is 9.59 Å². The number of aliphatic carboxylic acids is 1. The third-order valence-corrected chi connectivity index (χ3v) is 3.85. The molecule has 7 heteroatoms. The van der Waals surface area contributed by atoms with Crippen molar-refractivity contribution in [3.8, 4) is 0 Å². The highest BCUT2D eigenvalue weighted by molar-refractivity contribution is 5.74. The van der Waals surface area contributed by atoms with Crippen molar-refractivity contribution in [1.82, 2.24) is 10.2 Å². The highest BCUT2D eigenvalue weighted by atomic mass is 16.5. The fourth-order valence-corrected chi connectivity index (χ4v) is 2.90. The number of rotatable bonds is 5. The van der Waals surface area contributed by atoms with E-state index in [-0.39, 0.29) is 31.3 Å². The van der Waals surface area contributed by atoms with Gasteiger partial charge in [0.05, 0.1) is 12.7 Å². The van der Waals surface area contributed by atoms with Crippen LogP contribution >= 0.6 is 0 Å². The summed E-state index contributed by atoms with van der Waals surface area (Å²) in [6, 6.07) is -0.166. The van der Waals surface area contributed by atoms with Crippen LogP contribution in [0.5, 0.6) is 0 Å². The highest BCUT2D eigenvalue weighted by Gasteiger charge is 2.43. The molecule has 7 nitrogen and oxygen atoms in total. The van der Waals surface area contributed by atoms with Crippen molar-refractivity contribution in [1.29, 1.82) is 0 Å². The molecule has 19 heavy (non-hydrogen) atoms. The van der Waals surface area contributed by atoms with E-state index >= 15 is 0 Å². The molecule has 1 aliphatic heterocycles. The van der Waals surface area contributed by atoms with Gasteiger partial charge in [-0.05, 0) is 18.8 Å². The Morgan fingerprint density at radius 3 is 2.79 bits per heavy atom. The molecule has 1 heterocycles. The van der Waals surface area contributed by atoms with Gasteiger partial charge in [0.25, 0.3) is 0 Å². The number of amides is 2. The zero-order valence-corrected chi connectivity index (χ0v) is 10.7. The van der Waals surface area contributed by atoms with Gasteiger partial charge in [-0.1, -0.05) is 0 Å². The fourth-order valence-electron chi connectivity index (χ4n) is 2.90. The summed E-state index contributed by atoms with van der Waals surface area (Å²) in [5, 5.41) is 20.8. The van der Waals surface area contributed by atoms with Gasteiger partial charge in [-0.15, -0.1) is 0 Å². The molecule has 3 atom stereocenters. The summed E-state index contributed by atoms with van der Waals surface area (Å²) in [6.07, 6.45) is 1.55. The number of nitrogens with zero attached hydrogens (tertiary/aromatic N) is 1. The summed E-state index contributed by atoms with van der Waals surface area (Å²) >= 11 is 0. The molecule has 1 saturated carbocycles. The van der Waals surface area contributed by atoms with Crippen LogP contribution in [-0.2, 0) is 9.53 Å². The Morgan fingerprint density at radius 1 is 1.32 bits per heavy atom. The van der Waals surface area contributed by atoms with Crippen LogP contribution in [0.4, 0.5) is 4.79 Å². The SMILES string of the molecule is O=C(O)COCCNC(=O)N1CC2CCC(O)C2C1. The van der Waals surface area contributed by atoms with Crippen molar-refractivity contribution in [3.63, 3.8) is 0 Å². The summed E-state index contributed by atoms with van der Waals surface area (Å²) in [6.45, 7) is 1.43. The Hall–Kier alpha value is -1.34. The number of carboxylic acids is 1. The maximum Gasteiger partial charge on any atom is 0.329 e. The van der Waals surface area contributed by atoms with E-state index in [4.69, 9.17) is 9.84 Å². The minimum Gasteiger partial charge on any atom is -0.480 e. The molecule has 2 fully saturated rings. The number of hydrogen-bond acceptors (Lipinski definition) is 4. The number of carboxylic acid groups (broad SMARTS) is 1. The zero-order valence-electron chi connectivity index (χ0n) is 10.7. The summed E-state index contributed by atoms with van der Waals surface area (Å²) in [5.74, 6) is -0.384. The third-order valence-electron chi connectivity index (χ3n) is 3.85. The lowest BCUT2D eigenvalue weighted by Gasteiger charge is -2.19. The van der Waals surface area contributed by atoms with Gasteiger partial charge in [0.2, 0.25) is 0 Å². The topological polar surface area (TPSA) is 99.1 Å². The van der Waals surface area contributed by atoms with Crippen LogP contribution in [0.2, 0.25) is 0 Å². The van der Waals surface area contributed by atoms with E-state index < -0.39 is 5.97 Å². The molecule has 1 aliphatic carbocycles. The van der Waals surface area contributed by atoms with Gasteiger partial charge >= 0.3 is 12.0 Å². The van der Waals surface area contributed by atoms with Crippen molar-refractivity contribution < 1.29 is 24.5 Å². The molecule has 2 aliphatic rings. The van der Waals surface area contributed by atoms with Crippen molar-refractivity contribution in [2.75, 3.05) is 32.8 Å². The second-order valence-corrected chi connectivity index (χ2v) is 5.15. The Bertz CT molecular complexity index is 349. The first kappa shape index (κ1) is 14.1. The van der Waals surface area contributed by atoms with E-state index in [2.05, 4.69) is 5.32 Å². The molecule has 2 amide bonds. The molecule has 0 radical (unpaired) electrons. The molecule has 0 aromatic heterocycles.